The fraction of sp³-hybridized carbons (Fsp3) is 0.818. The number of ether oxygens (including phenoxy) is 1. The predicted molar refractivity (Wildman–Crippen MR) is 126 cm³/mol. The summed E-state index contributed by atoms with van der Waals surface area (Å²) in [6.07, 6.45) is 1.99. The molecule has 1 aliphatic heterocycles. The molecule has 32 heavy (non-hydrogen) atoms. The van der Waals surface area contributed by atoms with Crippen molar-refractivity contribution in [2.24, 2.45) is 11.1 Å². The first kappa shape index (κ1) is 28.4. The summed E-state index contributed by atoms with van der Waals surface area (Å²) < 4.78 is 5.34. The molecule has 0 aromatic carbocycles. The number of thioether (sulfide) groups is 1. The average molecular weight is 473 g/mol. The summed E-state index contributed by atoms with van der Waals surface area (Å²) in [6.45, 7) is 12.9. The second kappa shape index (κ2) is 12.6. The molecule has 1 saturated heterocycles. The van der Waals surface area contributed by atoms with Crippen molar-refractivity contribution < 1.29 is 23.9 Å². The van der Waals surface area contributed by atoms with Crippen molar-refractivity contribution in [2.45, 2.75) is 77.6 Å². The topological polar surface area (TPSA) is 131 Å². The number of primary amides is 1. The molecular weight excluding hydrogens is 432 g/mol. The largest absolute Gasteiger partial charge is 0.370 e. The van der Waals surface area contributed by atoms with Crippen LogP contribution in [0.2, 0.25) is 0 Å². The lowest BCUT2D eigenvalue weighted by molar-refractivity contribution is -0.139. The molecule has 1 heterocycles. The van der Waals surface area contributed by atoms with Crippen LogP contribution in [0.1, 0.15) is 60.8 Å². The highest BCUT2D eigenvalue weighted by molar-refractivity contribution is 8.00. The zero-order chi connectivity index (χ0) is 24.5. The lowest BCUT2D eigenvalue weighted by Crippen LogP contribution is -2.51. The predicted octanol–water partition coefficient (Wildman–Crippen LogP) is 1.05. The van der Waals surface area contributed by atoms with E-state index in [2.05, 4.69) is 31.4 Å². The number of amides is 4. The van der Waals surface area contributed by atoms with E-state index in [9.17, 15) is 19.2 Å². The van der Waals surface area contributed by atoms with Crippen molar-refractivity contribution in [3.05, 3.63) is 0 Å². The van der Waals surface area contributed by atoms with Crippen LogP contribution in [-0.4, -0.2) is 77.4 Å². The van der Waals surface area contributed by atoms with Gasteiger partial charge in [-0.2, -0.15) is 0 Å². The van der Waals surface area contributed by atoms with E-state index >= 15 is 0 Å². The van der Waals surface area contributed by atoms with Crippen molar-refractivity contribution >= 4 is 35.4 Å². The highest BCUT2D eigenvalue weighted by atomic mass is 32.2. The molecule has 2 unspecified atom stereocenters. The Morgan fingerprint density at radius 1 is 1.22 bits per heavy atom. The smallest absolute Gasteiger partial charge is 0.245 e. The minimum atomic E-state index is -0.595. The molecule has 0 spiro atoms. The van der Waals surface area contributed by atoms with Crippen molar-refractivity contribution in [2.75, 3.05) is 32.1 Å². The summed E-state index contributed by atoms with van der Waals surface area (Å²) >= 11 is 1.25. The molecule has 1 rings (SSSR count). The summed E-state index contributed by atoms with van der Waals surface area (Å²) in [7, 11) is 0. The number of rotatable bonds is 13. The number of hydrogen-bond acceptors (Lipinski definition) is 7. The minimum absolute atomic E-state index is 0.0821. The van der Waals surface area contributed by atoms with Gasteiger partial charge in [0.1, 0.15) is 6.61 Å². The highest BCUT2D eigenvalue weighted by Gasteiger charge is 2.39. The Balaban J connectivity index is 2.34. The van der Waals surface area contributed by atoms with E-state index in [4.69, 9.17) is 10.5 Å². The number of nitrogens with two attached hydrogens (primary N) is 1. The molecule has 9 nitrogen and oxygen atoms in total. The van der Waals surface area contributed by atoms with Crippen LogP contribution in [0.15, 0.2) is 0 Å². The molecule has 4 N–H and O–H groups in total. The van der Waals surface area contributed by atoms with Gasteiger partial charge in [-0.05, 0) is 39.0 Å². The molecule has 184 valence electrons. The van der Waals surface area contributed by atoms with Crippen LogP contribution in [0.25, 0.3) is 0 Å². The molecule has 0 aromatic heterocycles. The summed E-state index contributed by atoms with van der Waals surface area (Å²) in [6, 6.07) is -0.595. The summed E-state index contributed by atoms with van der Waals surface area (Å²) in [4.78, 5) is 49.5. The third-order valence-corrected chi connectivity index (χ3v) is 6.03. The molecule has 0 saturated carbocycles. The Morgan fingerprint density at radius 3 is 2.44 bits per heavy atom. The lowest BCUT2D eigenvalue weighted by Gasteiger charge is -2.26. The quantitative estimate of drug-likeness (QED) is 0.270. The maximum Gasteiger partial charge on any atom is 0.245 e. The van der Waals surface area contributed by atoms with Gasteiger partial charge in [-0.3, -0.25) is 24.1 Å². The third-order valence-electron chi connectivity index (χ3n) is 4.74. The van der Waals surface area contributed by atoms with Gasteiger partial charge in [-0.25, -0.2) is 0 Å². The Bertz CT molecular complexity index is 672. The van der Waals surface area contributed by atoms with Gasteiger partial charge in [0.25, 0.3) is 0 Å². The SMILES string of the molecule is CC(C)(C)CCCNC(=O)COCCN1C(=O)CC(SCC(NC(C)(C)C)C(N)=O)C1=O. The van der Waals surface area contributed by atoms with Gasteiger partial charge in [0.15, 0.2) is 0 Å². The summed E-state index contributed by atoms with van der Waals surface area (Å²) in [5.74, 6) is -0.978. The maximum absolute atomic E-state index is 12.6. The zero-order valence-electron chi connectivity index (χ0n) is 20.3. The van der Waals surface area contributed by atoms with Gasteiger partial charge in [-0.15, -0.1) is 11.8 Å². The van der Waals surface area contributed by atoms with Crippen LogP contribution in [0.5, 0.6) is 0 Å². The molecule has 1 fully saturated rings. The highest BCUT2D eigenvalue weighted by Crippen LogP contribution is 2.26. The van der Waals surface area contributed by atoms with Crippen molar-refractivity contribution in [1.29, 1.82) is 0 Å². The maximum atomic E-state index is 12.6. The van der Waals surface area contributed by atoms with Crippen molar-refractivity contribution in [3.8, 4) is 0 Å². The number of likely N-dealkylation sites (tertiary alicyclic amines) is 1. The van der Waals surface area contributed by atoms with Gasteiger partial charge >= 0.3 is 0 Å². The van der Waals surface area contributed by atoms with Crippen LogP contribution < -0.4 is 16.4 Å². The monoisotopic (exact) mass is 472 g/mol. The van der Waals surface area contributed by atoms with Gasteiger partial charge in [0.2, 0.25) is 23.6 Å². The molecule has 0 radical (unpaired) electrons. The van der Waals surface area contributed by atoms with E-state index in [0.29, 0.717) is 12.3 Å². The molecule has 10 heteroatoms. The average Bonchev–Trinajstić information content (AvgIpc) is 2.91. The van der Waals surface area contributed by atoms with E-state index in [1.165, 1.54) is 11.8 Å². The molecule has 1 aliphatic rings. The van der Waals surface area contributed by atoms with E-state index in [1.807, 2.05) is 20.8 Å². The second-order valence-electron chi connectivity index (χ2n) is 10.3. The van der Waals surface area contributed by atoms with Crippen LogP contribution in [0, 0.1) is 5.41 Å². The second-order valence-corrected chi connectivity index (χ2v) is 11.6. The molecule has 0 bridgehead atoms. The Labute approximate surface area is 195 Å². The first-order chi connectivity index (χ1) is 14.7. The first-order valence-corrected chi connectivity index (χ1v) is 12.1. The minimum Gasteiger partial charge on any atom is -0.370 e. The molecule has 0 aliphatic carbocycles. The standard InChI is InChI=1S/C22H40N4O5S/c1-21(2,3)8-7-9-24-17(27)13-31-11-10-26-18(28)12-16(20(26)30)32-14-15(19(23)29)25-22(4,5)6/h15-16,25H,7-14H2,1-6H3,(H2,23,29)(H,24,27). The van der Waals surface area contributed by atoms with Crippen LogP contribution >= 0.6 is 11.8 Å². The van der Waals surface area contributed by atoms with E-state index in [1.54, 1.807) is 0 Å². The Kier molecular flexibility index (Phi) is 11.1. The third kappa shape index (κ3) is 11.3. The Hall–Kier alpha value is -1.65. The van der Waals surface area contributed by atoms with E-state index < -0.39 is 17.2 Å². The molecule has 2 atom stereocenters. The molecule has 4 amide bonds. The Morgan fingerprint density at radius 2 is 1.88 bits per heavy atom. The van der Waals surface area contributed by atoms with Crippen molar-refractivity contribution in [1.82, 2.24) is 15.5 Å². The zero-order valence-corrected chi connectivity index (χ0v) is 21.1. The summed E-state index contributed by atoms with van der Waals surface area (Å²) in [5, 5.41) is 5.39. The number of carbonyl (C=O) groups is 4. The fourth-order valence-electron chi connectivity index (χ4n) is 3.17. The van der Waals surface area contributed by atoms with Gasteiger partial charge in [-0.1, -0.05) is 20.8 Å². The van der Waals surface area contributed by atoms with Gasteiger partial charge in [0.05, 0.1) is 24.4 Å². The van der Waals surface area contributed by atoms with Gasteiger partial charge < -0.3 is 21.1 Å². The van der Waals surface area contributed by atoms with Crippen LogP contribution in [-0.2, 0) is 23.9 Å². The summed E-state index contributed by atoms with van der Waals surface area (Å²) in [5.41, 5.74) is 5.38. The van der Waals surface area contributed by atoms with E-state index in [-0.39, 0.29) is 54.9 Å². The normalized spacial score (nSPS) is 18.2. The molecule has 0 aromatic rings. The lowest BCUT2D eigenvalue weighted by atomic mass is 9.91. The van der Waals surface area contributed by atoms with Crippen LogP contribution in [0.3, 0.4) is 0 Å². The number of nitrogens with zero attached hydrogens (tertiary/aromatic N) is 1. The fourth-order valence-corrected chi connectivity index (χ4v) is 4.37. The first-order valence-electron chi connectivity index (χ1n) is 11.1. The van der Waals surface area contributed by atoms with Crippen LogP contribution in [0.4, 0.5) is 0 Å². The number of hydrogen-bond donors (Lipinski definition) is 3. The van der Waals surface area contributed by atoms with E-state index in [0.717, 1.165) is 17.7 Å². The molecular formula is C22H40N4O5S. The number of nitrogens with one attached hydrogen (secondary N) is 2. The number of carbonyl (C=O) groups excluding carboxylic acids is 4. The van der Waals surface area contributed by atoms with Crippen molar-refractivity contribution in [3.63, 3.8) is 0 Å². The van der Waals surface area contributed by atoms with Gasteiger partial charge in [0, 0.05) is 24.3 Å². The number of imide groups is 1.